The quantitative estimate of drug-likeness (QED) is 0.639. The van der Waals surface area contributed by atoms with Crippen LogP contribution in [0, 0.1) is 5.92 Å². The molecule has 0 aliphatic rings. The molecule has 0 radical (unpaired) electrons. The van der Waals surface area contributed by atoms with E-state index in [9.17, 15) is 0 Å². The number of hydrogen-bond donors (Lipinski definition) is 1. The molecule has 0 saturated carbocycles. The van der Waals surface area contributed by atoms with Crippen LogP contribution in [0.25, 0.3) is 0 Å². The number of rotatable bonds is 10. The molecule has 0 bridgehead atoms. The molecule has 21 heavy (non-hydrogen) atoms. The lowest BCUT2D eigenvalue weighted by atomic mass is 10.1. The van der Waals surface area contributed by atoms with Gasteiger partial charge in [0.2, 0.25) is 0 Å². The van der Waals surface area contributed by atoms with E-state index in [1.165, 1.54) is 15.7 Å². The Kier molecular flexibility index (Phi) is 8.97. The molecule has 120 valence electrons. The van der Waals surface area contributed by atoms with Crippen molar-refractivity contribution in [3.8, 4) is 0 Å². The van der Waals surface area contributed by atoms with Crippen LogP contribution in [0.3, 0.4) is 0 Å². The first kappa shape index (κ1) is 18.5. The molecule has 1 rings (SSSR count). The molecule has 0 aliphatic carbocycles. The van der Waals surface area contributed by atoms with Gasteiger partial charge < -0.3 is 15.0 Å². The standard InChI is InChI=1S/C17H29BrN2O/c1-5-8-19-12-15-6-7-16(11-17(15)18)20(9-10-21-4)13-14(2)3/h6-7,11,14,19H,5,8-10,12-13H2,1-4H3. The molecule has 0 atom stereocenters. The van der Waals surface area contributed by atoms with Gasteiger partial charge in [-0.1, -0.05) is 42.8 Å². The van der Waals surface area contributed by atoms with Crippen molar-refractivity contribution in [1.82, 2.24) is 5.32 Å². The Hall–Kier alpha value is -0.580. The minimum absolute atomic E-state index is 0.631. The summed E-state index contributed by atoms with van der Waals surface area (Å²) in [6.45, 7) is 11.4. The van der Waals surface area contributed by atoms with Crippen LogP contribution in [-0.2, 0) is 11.3 Å². The lowest BCUT2D eigenvalue weighted by Gasteiger charge is -2.27. The maximum atomic E-state index is 5.23. The smallest absolute Gasteiger partial charge is 0.0637 e. The highest BCUT2D eigenvalue weighted by Gasteiger charge is 2.10. The van der Waals surface area contributed by atoms with Crippen LogP contribution in [0.4, 0.5) is 5.69 Å². The highest BCUT2D eigenvalue weighted by atomic mass is 79.9. The number of ether oxygens (including phenoxy) is 1. The number of benzene rings is 1. The third-order valence-electron chi connectivity index (χ3n) is 3.29. The molecule has 3 nitrogen and oxygen atoms in total. The van der Waals surface area contributed by atoms with E-state index in [0.29, 0.717) is 5.92 Å². The Morgan fingerprint density at radius 2 is 2.10 bits per heavy atom. The second kappa shape index (κ2) is 10.2. The Bertz CT molecular complexity index is 410. The molecule has 0 fully saturated rings. The van der Waals surface area contributed by atoms with Gasteiger partial charge in [-0.2, -0.15) is 0 Å². The van der Waals surface area contributed by atoms with Crippen LogP contribution in [0.5, 0.6) is 0 Å². The summed E-state index contributed by atoms with van der Waals surface area (Å²) in [5.74, 6) is 0.631. The fourth-order valence-corrected chi connectivity index (χ4v) is 2.75. The largest absolute Gasteiger partial charge is 0.383 e. The van der Waals surface area contributed by atoms with E-state index in [2.05, 4.69) is 65.1 Å². The topological polar surface area (TPSA) is 24.5 Å². The third-order valence-corrected chi connectivity index (χ3v) is 4.03. The molecule has 0 heterocycles. The van der Waals surface area contributed by atoms with Gasteiger partial charge in [0.05, 0.1) is 6.61 Å². The van der Waals surface area contributed by atoms with Crippen LogP contribution in [0.1, 0.15) is 32.8 Å². The zero-order valence-electron chi connectivity index (χ0n) is 13.8. The molecule has 0 unspecified atom stereocenters. The lowest BCUT2D eigenvalue weighted by Crippen LogP contribution is -2.31. The van der Waals surface area contributed by atoms with Crippen molar-refractivity contribution in [3.05, 3.63) is 28.2 Å². The Morgan fingerprint density at radius 1 is 1.33 bits per heavy atom. The second-order valence-electron chi connectivity index (χ2n) is 5.79. The van der Waals surface area contributed by atoms with Gasteiger partial charge in [-0.25, -0.2) is 0 Å². The molecular weight excluding hydrogens is 328 g/mol. The van der Waals surface area contributed by atoms with Crippen molar-refractivity contribution in [2.75, 3.05) is 38.3 Å². The van der Waals surface area contributed by atoms with Crippen molar-refractivity contribution >= 4 is 21.6 Å². The molecule has 1 aromatic rings. The number of anilines is 1. The van der Waals surface area contributed by atoms with E-state index < -0.39 is 0 Å². The summed E-state index contributed by atoms with van der Waals surface area (Å²) < 4.78 is 6.41. The van der Waals surface area contributed by atoms with Gasteiger partial charge in [-0.15, -0.1) is 0 Å². The normalized spacial score (nSPS) is 11.1. The number of hydrogen-bond acceptors (Lipinski definition) is 3. The van der Waals surface area contributed by atoms with Crippen LogP contribution in [-0.4, -0.2) is 33.4 Å². The summed E-state index contributed by atoms with van der Waals surface area (Å²) >= 11 is 3.70. The molecule has 0 saturated heterocycles. The van der Waals surface area contributed by atoms with Gasteiger partial charge >= 0.3 is 0 Å². The fraction of sp³-hybridized carbons (Fsp3) is 0.647. The molecule has 0 amide bonds. The monoisotopic (exact) mass is 356 g/mol. The summed E-state index contributed by atoms with van der Waals surface area (Å²) in [5, 5.41) is 3.44. The maximum absolute atomic E-state index is 5.23. The van der Waals surface area contributed by atoms with E-state index in [4.69, 9.17) is 4.74 Å². The maximum Gasteiger partial charge on any atom is 0.0637 e. The van der Waals surface area contributed by atoms with Crippen molar-refractivity contribution in [2.24, 2.45) is 5.92 Å². The molecule has 1 N–H and O–H groups in total. The van der Waals surface area contributed by atoms with Crippen molar-refractivity contribution in [3.63, 3.8) is 0 Å². The zero-order chi connectivity index (χ0) is 15.7. The van der Waals surface area contributed by atoms with Crippen LogP contribution in [0.2, 0.25) is 0 Å². The van der Waals surface area contributed by atoms with Crippen molar-refractivity contribution < 1.29 is 4.74 Å². The van der Waals surface area contributed by atoms with E-state index in [0.717, 1.165) is 39.2 Å². The SMILES string of the molecule is CCCNCc1ccc(N(CCOC)CC(C)C)cc1Br. The molecule has 0 spiro atoms. The minimum Gasteiger partial charge on any atom is -0.383 e. The Balaban J connectivity index is 2.76. The first-order valence-corrected chi connectivity index (χ1v) is 8.60. The number of methoxy groups -OCH3 is 1. The highest BCUT2D eigenvalue weighted by molar-refractivity contribution is 9.10. The Morgan fingerprint density at radius 3 is 2.67 bits per heavy atom. The summed E-state index contributed by atoms with van der Waals surface area (Å²) in [6.07, 6.45) is 1.16. The fourth-order valence-electron chi connectivity index (χ4n) is 2.24. The average molecular weight is 357 g/mol. The lowest BCUT2D eigenvalue weighted by molar-refractivity contribution is 0.204. The van der Waals surface area contributed by atoms with Gasteiger partial charge in [0, 0.05) is 36.9 Å². The van der Waals surface area contributed by atoms with Crippen LogP contribution >= 0.6 is 15.9 Å². The number of nitrogens with one attached hydrogen (secondary N) is 1. The highest BCUT2D eigenvalue weighted by Crippen LogP contribution is 2.25. The van der Waals surface area contributed by atoms with E-state index in [1.54, 1.807) is 7.11 Å². The predicted molar refractivity (Wildman–Crippen MR) is 95.1 cm³/mol. The first-order chi connectivity index (χ1) is 10.1. The summed E-state index contributed by atoms with van der Waals surface area (Å²) in [6, 6.07) is 6.65. The van der Waals surface area contributed by atoms with Crippen LogP contribution < -0.4 is 10.2 Å². The first-order valence-electron chi connectivity index (χ1n) is 7.81. The summed E-state index contributed by atoms with van der Waals surface area (Å²) in [4.78, 5) is 2.39. The van der Waals surface area contributed by atoms with E-state index >= 15 is 0 Å². The van der Waals surface area contributed by atoms with Gasteiger partial charge in [0.15, 0.2) is 0 Å². The minimum atomic E-state index is 0.631. The van der Waals surface area contributed by atoms with Crippen LogP contribution in [0.15, 0.2) is 22.7 Å². The molecule has 4 heteroatoms. The zero-order valence-corrected chi connectivity index (χ0v) is 15.4. The Labute approximate surface area is 138 Å². The molecule has 0 aromatic heterocycles. The van der Waals surface area contributed by atoms with E-state index in [1.807, 2.05) is 0 Å². The van der Waals surface area contributed by atoms with Crippen molar-refractivity contribution in [1.29, 1.82) is 0 Å². The van der Waals surface area contributed by atoms with Gasteiger partial charge in [0.1, 0.15) is 0 Å². The van der Waals surface area contributed by atoms with Gasteiger partial charge in [0.25, 0.3) is 0 Å². The number of nitrogens with zero attached hydrogens (tertiary/aromatic N) is 1. The van der Waals surface area contributed by atoms with E-state index in [-0.39, 0.29) is 0 Å². The molecule has 1 aromatic carbocycles. The van der Waals surface area contributed by atoms with Gasteiger partial charge in [-0.05, 0) is 36.6 Å². The molecular formula is C17H29BrN2O. The summed E-state index contributed by atoms with van der Waals surface area (Å²) in [5.41, 5.74) is 2.57. The van der Waals surface area contributed by atoms with Crippen molar-refractivity contribution in [2.45, 2.75) is 33.7 Å². The predicted octanol–water partition coefficient (Wildman–Crippen LogP) is 4.06. The molecule has 0 aliphatic heterocycles. The number of halogens is 1. The van der Waals surface area contributed by atoms with Gasteiger partial charge in [-0.3, -0.25) is 0 Å². The second-order valence-corrected chi connectivity index (χ2v) is 6.64. The third kappa shape index (κ3) is 6.81. The summed E-state index contributed by atoms with van der Waals surface area (Å²) in [7, 11) is 1.76. The average Bonchev–Trinajstić information content (AvgIpc) is 2.45.